The van der Waals surface area contributed by atoms with E-state index in [-0.39, 0.29) is 17.4 Å². The van der Waals surface area contributed by atoms with E-state index in [1.54, 1.807) is 12.1 Å². The first-order chi connectivity index (χ1) is 8.56. The second kappa shape index (κ2) is 4.66. The largest absolute Gasteiger partial charge is 0.432 e. The number of anilines is 1. The van der Waals surface area contributed by atoms with Crippen molar-refractivity contribution in [3.8, 4) is 11.6 Å². The number of nitrogens with two attached hydrogens (primary N) is 1. The first-order valence-corrected chi connectivity index (χ1v) is 5.07. The standard InChI is InChI=1S/C11H10N4O3/c1-7-2-3-8(6-13-7)18-11-9(15(16)17)4-5-10(12)14-11/h2-6H,1H3,(H2,12,14). The number of nitrogen functional groups attached to an aromatic ring is 1. The molecule has 7 heteroatoms. The lowest BCUT2D eigenvalue weighted by molar-refractivity contribution is -0.386. The Balaban J connectivity index is 2.35. The Morgan fingerprint density at radius 3 is 2.72 bits per heavy atom. The van der Waals surface area contributed by atoms with Crippen LogP contribution in [0.2, 0.25) is 0 Å². The summed E-state index contributed by atoms with van der Waals surface area (Å²) in [6, 6.07) is 5.97. The molecular weight excluding hydrogens is 236 g/mol. The first-order valence-electron chi connectivity index (χ1n) is 5.07. The van der Waals surface area contributed by atoms with Gasteiger partial charge in [0.15, 0.2) is 0 Å². The molecule has 7 nitrogen and oxygen atoms in total. The summed E-state index contributed by atoms with van der Waals surface area (Å²) in [5.41, 5.74) is 6.05. The van der Waals surface area contributed by atoms with Crippen LogP contribution in [-0.4, -0.2) is 14.9 Å². The van der Waals surface area contributed by atoms with Crippen LogP contribution in [0.25, 0.3) is 0 Å². The van der Waals surface area contributed by atoms with E-state index >= 15 is 0 Å². The van der Waals surface area contributed by atoms with Crippen LogP contribution in [-0.2, 0) is 0 Å². The number of nitro groups is 1. The van der Waals surface area contributed by atoms with Crippen molar-refractivity contribution in [2.45, 2.75) is 6.92 Å². The van der Waals surface area contributed by atoms with Crippen LogP contribution in [0.15, 0.2) is 30.5 Å². The third-order valence-electron chi connectivity index (χ3n) is 2.16. The number of aryl methyl sites for hydroxylation is 1. The van der Waals surface area contributed by atoms with Crippen LogP contribution < -0.4 is 10.5 Å². The second-order valence-electron chi connectivity index (χ2n) is 3.55. The number of hydrogen-bond acceptors (Lipinski definition) is 6. The average Bonchev–Trinajstić information content (AvgIpc) is 2.32. The van der Waals surface area contributed by atoms with Crippen molar-refractivity contribution < 1.29 is 9.66 Å². The van der Waals surface area contributed by atoms with Crippen LogP contribution in [0.3, 0.4) is 0 Å². The lowest BCUT2D eigenvalue weighted by Gasteiger charge is -2.05. The van der Waals surface area contributed by atoms with Crippen LogP contribution in [0.4, 0.5) is 11.5 Å². The van der Waals surface area contributed by atoms with Gasteiger partial charge in [-0.15, -0.1) is 0 Å². The Hall–Kier alpha value is -2.70. The second-order valence-corrected chi connectivity index (χ2v) is 3.55. The summed E-state index contributed by atoms with van der Waals surface area (Å²) in [5, 5.41) is 10.8. The molecule has 0 aliphatic heterocycles. The molecule has 0 saturated carbocycles. The first kappa shape index (κ1) is 11.8. The highest BCUT2D eigenvalue weighted by Gasteiger charge is 2.17. The Bertz CT molecular complexity index is 583. The minimum Gasteiger partial charge on any atom is -0.432 e. The highest BCUT2D eigenvalue weighted by atomic mass is 16.6. The number of hydrogen-bond donors (Lipinski definition) is 1. The molecule has 92 valence electrons. The molecule has 2 aromatic rings. The Morgan fingerprint density at radius 1 is 1.33 bits per heavy atom. The van der Waals surface area contributed by atoms with E-state index in [1.165, 1.54) is 18.3 Å². The highest BCUT2D eigenvalue weighted by molar-refractivity contribution is 5.48. The van der Waals surface area contributed by atoms with Gasteiger partial charge in [0, 0.05) is 11.8 Å². The molecule has 0 radical (unpaired) electrons. The zero-order valence-electron chi connectivity index (χ0n) is 9.53. The predicted octanol–water partition coefficient (Wildman–Crippen LogP) is 2.07. The summed E-state index contributed by atoms with van der Waals surface area (Å²) in [6.45, 7) is 1.82. The van der Waals surface area contributed by atoms with Crippen molar-refractivity contribution in [3.05, 3.63) is 46.3 Å². The van der Waals surface area contributed by atoms with Gasteiger partial charge in [-0.2, -0.15) is 4.98 Å². The average molecular weight is 246 g/mol. The van der Waals surface area contributed by atoms with Gasteiger partial charge in [-0.05, 0) is 25.1 Å². The van der Waals surface area contributed by atoms with Crippen LogP contribution in [0, 0.1) is 17.0 Å². The van der Waals surface area contributed by atoms with Crippen LogP contribution in [0.1, 0.15) is 5.69 Å². The molecule has 0 unspecified atom stereocenters. The Morgan fingerprint density at radius 2 is 2.11 bits per heavy atom. The molecule has 0 aromatic carbocycles. The van der Waals surface area contributed by atoms with Crippen LogP contribution in [0.5, 0.6) is 11.6 Å². The Kier molecular flexibility index (Phi) is 3.05. The third kappa shape index (κ3) is 2.51. The van der Waals surface area contributed by atoms with Crippen LogP contribution >= 0.6 is 0 Å². The monoisotopic (exact) mass is 246 g/mol. The van der Waals surface area contributed by atoms with Crippen molar-refractivity contribution in [2.75, 3.05) is 5.73 Å². The smallest absolute Gasteiger partial charge is 0.331 e. The minimum atomic E-state index is -0.580. The molecule has 2 N–H and O–H groups in total. The lowest BCUT2D eigenvalue weighted by Crippen LogP contribution is -1.99. The summed E-state index contributed by atoms with van der Waals surface area (Å²) in [5.74, 6) is 0.364. The number of pyridine rings is 2. The van der Waals surface area contributed by atoms with Gasteiger partial charge in [-0.3, -0.25) is 15.1 Å². The number of aromatic nitrogens is 2. The number of nitrogens with zero attached hydrogens (tertiary/aromatic N) is 3. The summed E-state index contributed by atoms with van der Waals surface area (Å²) < 4.78 is 5.31. The van der Waals surface area contributed by atoms with E-state index in [1.807, 2.05) is 6.92 Å². The molecule has 18 heavy (non-hydrogen) atoms. The molecule has 0 amide bonds. The topological polar surface area (TPSA) is 104 Å². The van der Waals surface area contributed by atoms with Gasteiger partial charge in [-0.25, -0.2) is 0 Å². The van der Waals surface area contributed by atoms with E-state index in [9.17, 15) is 10.1 Å². The molecular formula is C11H10N4O3. The molecule has 2 aromatic heterocycles. The summed E-state index contributed by atoms with van der Waals surface area (Å²) in [6.07, 6.45) is 1.46. The zero-order valence-corrected chi connectivity index (χ0v) is 9.53. The molecule has 0 fully saturated rings. The molecule has 0 aliphatic carbocycles. The van der Waals surface area contributed by atoms with Crippen molar-refractivity contribution in [1.82, 2.24) is 9.97 Å². The fourth-order valence-corrected chi connectivity index (χ4v) is 1.29. The van der Waals surface area contributed by atoms with Gasteiger partial charge in [0.1, 0.15) is 11.6 Å². The zero-order chi connectivity index (χ0) is 13.1. The molecule has 2 heterocycles. The SMILES string of the molecule is Cc1ccc(Oc2nc(N)ccc2[N+](=O)[O-])cn1. The molecule has 0 spiro atoms. The van der Waals surface area contributed by atoms with Gasteiger partial charge in [0.05, 0.1) is 11.1 Å². The number of ether oxygens (including phenoxy) is 1. The van der Waals surface area contributed by atoms with Gasteiger partial charge in [0.25, 0.3) is 0 Å². The fourth-order valence-electron chi connectivity index (χ4n) is 1.29. The summed E-state index contributed by atoms with van der Waals surface area (Å²) >= 11 is 0. The molecule has 2 rings (SSSR count). The fraction of sp³-hybridized carbons (Fsp3) is 0.0909. The van der Waals surface area contributed by atoms with Crippen molar-refractivity contribution >= 4 is 11.5 Å². The molecule has 0 aliphatic rings. The maximum absolute atomic E-state index is 10.8. The number of rotatable bonds is 3. The van der Waals surface area contributed by atoms with E-state index in [0.717, 1.165) is 5.69 Å². The van der Waals surface area contributed by atoms with E-state index in [0.29, 0.717) is 5.75 Å². The lowest BCUT2D eigenvalue weighted by atomic mass is 10.3. The van der Waals surface area contributed by atoms with Crippen molar-refractivity contribution in [3.63, 3.8) is 0 Å². The van der Waals surface area contributed by atoms with Gasteiger partial charge in [-0.1, -0.05) is 0 Å². The Labute approximate surface area is 102 Å². The van der Waals surface area contributed by atoms with Crippen molar-refractivity contribution in [1.29, 1.82) is 0 Å². The summed E-state index contributed by atoms with van der Waals surface area (Å²) in [4.78, 5) is 18.0. The maximum atomic E-state index is 10.8. The summed E-state index contributed by atoms with van der Waals surface area (Å²) in [7, 11) is 0. The predicted molar refractivity (Wildman–Crippen MR) is 64.4 cm³/mol. The van der Waals surface area contributed by atoms with Gasteiger partial charge < -0.3 is 10.5 Å². The van der Waals surface area contributed by atoms with E-state index in [2.05, 4.69) is 9.97 Å². The molecule has 0 atom stereocenters. The van der Waals surface area contributed by atoms with Crippen molar-refractivity contribution in [2.24, 2.45) is 0 Å². The maximum Gasteiger partial charge on any atom is 0.331 e. The minimum absolute atomic E-state index is 0.148. The third-order valence-corrected chi connectivity index (χ3v) is 2.16. The quantitative estimate of drug-likeness (QED) is 0.656. The van der Waals surface area contributed by atoms with Gasteiger partial charge in [0.2, 0.25) is 0 Å². The molecule has 0 bridgehead atoms. The molecule has 0 saturated heterocycles. The highest BCUT2D eigenvalue weighted by Crippen LogP contribution is 2.29. The van der Waals surface area contributed by atoms with E-state index in [4.69, 9.17) is 10.5 Å². The van der Waals surface area contributed by atoms with Gasteiger partial charge >= 0.3 is 11.6 Å². The normalized spacial score (nSPS) is 10.1. The van der Waals surface area contributed by atoms with E-state index < -0.39 is 4.92 Å².